The summed E-state index contributed by atoms with van der Waals surface area (Å²) in [5, 5.41) is 7.63. The molecule has 0 spiro atoms. The molecule has 0 amide bonds. The predicted octanol–water partition coefficient (Wildman–Crippen LogP) is 4.61. The van der Waals surface area contributed by atoms with E-state index in [4.69, 9.17) is 0 Å². The van der Waals surface area contributed by atoms with Crippen LogP contribution in [0.4, 0.5) is 0 Å². The van der Waals surface area contributed by atoms with Crippen molar-refractivity contribution in [3.63, 3.8) is 0 Å². The summed E-state index contributed by atoms with van der Waals surface area (Å²) in [6.07, 6.45) is 13.1. The number of piperidine rings is 1. The first kappa shape index (κ1) is 15.6. The lowest BCUT2D eigenvalue weighted by molar-refractivity contribution is 0.177. The lowest BCUT2D eigenvalue weighted by Crippen LogP contribution is -2.37. The molecular weight excluding hydrogens is 294 g/mol. The molecule has 2 aromatic rings. The molecule has 0 saturated carbocycles. The summed E-state index contributed by atoms with van der Waals surface area (Å²) in [7, 11) is 0. The molecule has 24 heavy (non-hydrogen) atoms. The maximum atomic E-state index is 4.34. The molecule has 3 nitrogen and oxygen atoms in total. The second-order valence-electron chi connectivity index (χ2n) is 7.29. The van der Waals surface area contributed by atoms with Gasteiger partial charge in [-0.1, -0.05) is 42.5 Å². The number of aromatic nitrogens is 2. The Balaban J connectivity index is 1.38. The summed E-state index contributed by atoms with van der Waals surface area (Å²) in [4.78, 5) is 2.68. The maximum absolute atomic E-state index is 4.34. The first-order chi connectivity index (χ1) is 11.9. The number of allylic oxidation sites excluding steroid dienone is 2. The van der Waals surface area contributed by atoms with Crippen molar-refractivity contribution < 1.29 is 0 Å². The zero-order valence-electron chi connectivity index (χ0n) is 14.3. The van der Waals surface area contributed by atoms with Gasteiger partial charge in [-0.25, -0.2) is 0 Å². The Morgan fingerprint density at radius 2 is 1.88 bits per heavy atom. The summed E-state index contributed by atoms with van der Waals surface area (Å²) in [6.45, 7) is 3.72. The first-order valence-corrected chi connectivity index (χ1v) is 9.36. The molecule has 0 unspecified atom stereocenters. The van der Waals surface area contributed by atoms with Crippen LogP contribution in [0.25, 0.3) is 11.1 Å². The van der Waals surface area contributed by atoms with E-state index < -0.39 is 0 Å². The van der Waals surface area contributed by atoms with Gasteiger partial charge in [0.15, 0.2) is 0 Å². The van der Waals surface area contributed by atoms with Crippen LogP contribution in [0.15, 0.2) is 48.7 Å². The average molecular weight is 321 g/mol. The molecule has 1 aromatic carbocycles. The van der Waals surface area contributed by atoms with Crippen molar-refractivity contribution in [1.29, 1.82) is 0 Å². The fourth-order valence-corrected chi connectivity index (χ4v) is 4.25. The van der Waals surface area contributed by atoms with E-state index >= 15 is 0 Å². The molecule has 1 atom stereocenters. The highest BCUT2D eigenvalue weighted by Gasteiger charge is 2.25. The molecule has 126 valence electrons. The number of likely N-dealkylation sites (tertiary alicyclic amines) is 1. The van der Waals surface area contributed by atoms with E-state index in [9.17, 15) is 0 Å². The Bertz CT molecular complexity index is 665. The monoisotopic (exact) mass is 321 g/mol. The quantitative estimate of drug-likeness (QED) is 0.834. The second kappa shape index (κ2) is 7.35. The minimum Gasteiger partial charge on any atom is -0.303 e. The van der Waals surface area contributed by atoms with Crippen LogP contribution in [-0.2, 0) is 0 Å². The van der Waals surface area contributed by atoms with Crippen molar-refractivity contribution in [2.75, 3.05) is 19.6 Å². The summed E-state index contributed by atoms with van der Waals surface area (Å²) >= 11 is 0. The molecule has 1 aliphatic carbocycles. The third-order valence-corrected chi connectivity index (χ3v) is 5.64. The van der Waals surface area contributed by atoms with Crippen molar-refractivity contribution in [2.24, 2.45) is 5.92 Å². The van der Waals surface area contributed by atoms with E-state index in [0.29, 0.717) is 5.92 Å². The van der Waals surface area contributed by atoms with E-state index in [-0.39, 0.29) is 0 Å². The third-order valence-electron chi connectivity index (χ3n) is 5.64. The summed E-state index contributed by atoms with van der Waals surface area (Å²) in [5.41, 5.74) is 3.89. The van der Waals surface area contributed by atoms with Crippen LogP contribution in [0.2, 0.25) is 0 Å². The molecule has 1 aliphatic heterocycles. The Hall–Kier alpha value is -1.87. The molecule has 2 aliphatic rings. The van der Waals surface area contributed by atoms with Crippen LogP contribution in [-0.4, -0.2) is 34.7 Å². The van der Waals surface area contributed by atoms with Gasteiger partial charge in [-0.15, -0.1) is 0 Å². The first-order valence-electron chi connectivity index (χ1n) is 9.36. The predicted molar refractivity (Wildman–Crippen MR) is 98.9 cm³/mol. The maximum Gasteiger partial charge on any atom is 0.0568 e. The van der Waals surface area contributed by atoms with Gasteiger partial charge in [0.1, 0.15) is 0 Å². The van der Waals surface area contributed by atoms with Crippen molar-refractivity contribution >= 4 is 0 Å². The number of nitrogens with zero attached hydrogens (tertiary/aromatic N) is 2. The number of aromatic amines is 1. The molecule has 1 saturated heterocycles. The van der Waals surface area contributed by atoms with Gasteiger partial charge >= 0.3 is 0 Å². The van der Waals surface area contributed by atoms with Gasteiger partial charge in [0, 0.05) is 23.7 Å². The smallest absolute Gasteiger partial charge is 0.0568 e. The van der Waals surface area contributed by atoms with Gasteiger partial charge in [0.05, 0.1) is 6.20 Å². The molecule has 0 bridgehead atoms. The lowest BCUT2D eigenvalue weighted by Gasteiger charge is -2.34. The van der Waals surface area contributed by atoms with Gasteiger partial charge < -0.3 is 4.90 Å². The number of hydrogen-bond donors (Lipinski definition) is 1. The molecule has 0 radical (unpaired) electrons. The zero-order chi connectivity index (χ0) is 16.2. The Kier molecular flexibility index (Phi) is 4.79. The van der Waals surface area contributed by atoms with Crippen molar-refractivity contribution in [3.05, 3.63) is 54.4 Å². The van der Waals surface area contributed by atoms with Crippen LogP contribution in [0.1, 0.15) is 43.7 Å². The van der Waals surface area contributed by atoms with Crippen LogP contribution in [0, 0.1) is 5.92 Å². The SMILES string of the molecule is C1=CC[C@@H](CN2CCC(c3[nH]ncc3-c3ccccc3)CC2)CC1. The molecule has 3 heteroatoms. The second-order valence-corrected chi connectivity index (χ2v) is 7.29. The number of nitrogens with one attached hydrogen (secondary N) is 1. The minimum atomic E-state index is 0.616. The highest BCUT2D eigenvalue weighted by Crippen LogP contribution is 2.34. The standard InChI is InChI=1S/C21H27N3/c1-3-7-17(8-4-1)16-24-13-11-19(12-14-24)21-20(15-22-23-21)18-9-5-2-6-10-18/h1-3,5-6,9-10,15,17,19H,4,7-8,11-14,16H2,(H,22,23)/t17-/m1/s1. The highest BCUT2D eigenvalue weighted by molar-refractivity contribution is 5.65. The van der Waals surface area contributed by atoms with E-state index in [2.05, 4.69) is 57.6 Å². The Morgan fingerprint density at radius 3 is 2.62 bits per heavy atom. The molecular formula is C21H27N3. The van der Waals surface area contributed by atoms with E-state index in [1.807, 2.05) is 6.20 Å². The number of benzene rings is 1. The van der Waals surface area contributed by atoms with Gasteiger partial charge in [-0.05, 0) is 56.7 Å². The minimum absolute atomic E-state index is 0.616. The molecule has 1 aromatic heterocycles. The number of rotatable bonds is 4. The van der Waals surface area contributed by atoms with E-state index in [0.717, 1.165) is 5.92 Å². The molecule has 4 rings (SSSR count). The third kappa shape index (κ3) is 3.46. The van der Waals surface area contributed by atoms with Crippen LogP contribution < -0.4 is 0 Å². The van der Waals surface area contributed by atoms with Gasteiger partial charge in [0.2, 0.25) is 0 Å². The molecule has 2 heterocycles. The Morgan fingerprint density at radius 1 is 1.04 bits per heavy atom. The van der Waals surface area contributed by atoms with E-state index in [1.165, 1.54) is 68.6 Å². The fourth-order valence-electron chi connectivity index (χ4n) is 4.25. The van der Waals surface area contributed by atoms with Gasteiger partial charge in [-0.3, -0.25) is 5.10 Å². The summed E-state index contributed by atoms with van der Waals surface area (Å²) in [5.74, 6) is 1.49. The van der Waals surface area contributed by atoms with Crippen LogP contribution >= 0.6 is 0 Å². The highest BCUT2D eigenvalue weighted by atomic mass is 15.1. The van der Waals surface area contributed by atoms with Crippen molar-refractivity contribution in [1.82, 2.24) is 15.1 Å². The van der Waals surface area contributed by atoms with Crippen molar-refractivity contribution in [2.45, 2.75) is 38.0 Å². The average Bonchev–Trinajstić information content (AvgIpc) is 3.14. The van der Waals surface area contributed by atoms with Crippen molar-refractivity contribution in [3.8, 4) is 11.1 Å². The Labute approximate surface area is 144 Å². The zero-order valence-corrected chi connectivity index (χ0v) is 14.3. The topological polar surface area (TPSA) is 31.9 Å². The van der Waals surface area contributed by atoms with E-state index in [1.54, 1.807) is 0 Å². The largest absolute Gasteiger partial charge is 0.303 e. The van der Waals surface area contributed by atoms with Gasteiger partial charge in [0.25, 0.3) is 0 Å². The number of hydrogen-bond acceptors (Lipinski definition) is 2. The summed E-state index contributed by atoms with van der Waals surface area (Å²) < 4.78 is 0. The van der Waals surface area contributed by atoms with Crippen LogP contribution in [0.5, 0.6) is 0 Å². The van der Waals surface area contributed by atoms with Crippen LogP contribution in [0.3, 0.4) is 0 Å². The normalized spacial score (nSPS) is 22.8. The van der Waals surface area contributed by atoms with Gasteiger partial charge in [-0.2, -0.15) is 5.10 Å². The lowest BCUT2D eigenvalue weighted by atomic mass is 9.88. The molecule has 1 N–H and O–H groups in total. The number of H-pyrrole nitrogens is 1. The fraction of sp³-hybridized carbons (Fsp3) is 0.476. The molecule has 1 fully saturated rings. The summed E-state index contributed by atoms with van der Waals surface area (Å²) in [6, 6.07) is 10.6.